The van der Waals surface area contributed by atoms with Crippen LogP contribution >= 0.6 is 0 Å². The van der Waals surface area contributed by atoms with Crippen LogP contribution in [0.25, 0.3) is 0 Å². The molecule has 1 rings (SSSR count). The van der Waals surface area contributed by atoms with Gasteiger partial charge < -0.3 is 26.9 Å². The molecule has 8 heteroatoms. The average molecular weight is 390 g/mol. The van der Waals surface area contributed by atoms with Crippen LogP contribution in [0, 0.1) is 5.92 Å². The minimum absolute atomic E-state index is 0.0116. The number of nitrogens with one attached hydrogen (secondary N) is 2. The number of carbonyl (C=O) groups is 3. The smallest absolute Gasteiger partial charge is 0.243 e. The Balaban J connectivity index is 2.74. The van der Waals surface area contributed by atoms with Gasteiger partial charge >= 0.3 is 0 Å². The third-order valence-electron chi connectivity index (χ3n) is 3.99. The van der Waals surface area contributed by atoms with Crippen molar-refractivity contribution in [3.05, 3.63) is 35.9 Å². The summed E-state index contributed by atoms with van der Waals surface area (Å²) in [6.45, 7) is 4.25. The van der Waals surface area contributed by atoms with Gasteiger partial charge in [0.25, 0.3) is 0 Å². The number of carbonyl (C=O) groups excluding carboxylic acids is 3. The maximum absolute atomic E-state index is 12.7. The van der Waals surface area contributed by atoms with Crippen LogP contribution in [0.5, 0.6) is 0 Å². The Kier molecular flexibility index (Phi) is 10.3. The number of nitrogens with zero attached hydrogens (tertiary/aromatic N) is 1. The summed E-state index contributed by atoms with van der Waals surface area (Å²) in [5, 5.41) is 5.49. The highest BCUT2D eigenvalue weighted by Crippen LogP contribution is 2.06. The third kappa shape index (κ3) is 9.70. The van der Waals surface area contributed by atoms with Crippen molar-refractivity contribution in [3.63, 3.8) is 0 Å². The van der Waals surface area contributed by atoms with Crippen LogP contribution in [-0.2, 0) is 20.8 Å². The summed E-state index contributed by atoms with van der Waals surface area (Å²) < 4.78 is 0. The van der Waals surface area contributed by atoms with Gasteiger partial charge in [0.15, 0.2) is 5.96 Å². The molecule has 154 valence electrons. The highest BCUT2D eigenvalue weighted by Gasteiger charge is 2.23. The van der Waals surface area contributed by atoms with E-state index < -0.39 is 12.1 Å². The fourth-order valence-electron chi connectivity index (χ4n) is 2.66. The zero-order chi connectivity index (χ0) is 20.9. The van der Waals surface area contributed by atoms with Crippen LogP contribution in [0.4, 0.5) is 0 Å². The molecule has 8 nitrogen and oxygen atoms in total. The van der Waals surface area contributed by atoms with E-state index >= 15 is 0 Å². The zero-order valence-electron chi connectivity index (χ0n) is 16.6. The lowest BCUT2D eigenvalue weighted by molar-refractivity contribution is -0.130. The number of nitrogens with two attached hydrogens (primary N) is 2. The Bertz CT molecular complexity index is 657. The fraction of sp³-hybridized carbons (Fsp3) is 0.500. The lowest BCUT2D eigenvalue weighted by Crippen LogP contribution is -2.51. The second-order valence-corrected chi connectivity index (χ2v) is 7.11. The number of rotatable bonds is 12. The third-order valence-corrected chi connectivity index (χ3v) is 3.99. The van der Waals surface area contributed by atoms with Gasteiger partial charge in [0, 0.05) is 19.4 Å². The van der Waals surface area contributed by atoms with Gasteiger partial charge in [-0.1, -0.05) is 44.2 Å². The standard InChI is InChI=1S/C20H31N5O3/c1-14(2)11-18(27)25-17(12-15-7-4-3-5-8-15)19(28)24-16(13-26)9-6-10-23-20(21)22/h3-5,7-8,13-14,16-17H,6,9-12H2,1-2H3,(H,24,28)(H,25,27)(H4,21,22,23)/t16?,17-/m0/s1. The molecule has 1 aromatic rings. The van der Waals surface area contributed by atoms with Crippen LogP contribution in [0.3, 0.4) is 0 Å². The molecule has 28 heavy (non-hydrogen) atoms. The Labute approximate surface area is 166 Å². The molecular formula is C20H31N5O3. The van der Waals surface area contributed by atoms with Crippen LogP contribution in [-0.4, -0.2) is 42.7 Å². The van der Waals surface area contributed by atoms with Crippen molar-refractivity contribution >= 4 is 24.1 Å². The first-order valence-electron chi connectivity index (χ1n) is 9.46. The highest BCUT2D eigenvalue weighted by molar-refractivity contribution is 5.89. The predicted octanol–water partition coefficient (Wildman–Crippen LogP) is 0.497. The van der Waals surface area contributed by atoms with Gasteiger partial charge in [-0.3, -0.25) is 14.6 Å². The van der Waals surface area contributed by atoms with E-state index in [0.717, 1.165) is 5.56 Å². The molecule has 0 heterocycles. The molecule has 0 radical (unpaired) electrons. The minimum Gasteiger partial charge on any atom is -0.370 e. The fourth-order valence-corrected chi connectivity index (χ4v) is 2.66. The molecule has 0 saturated carbocycles. The van der Waals surface area contributed by atoms with Gasteiger partial charge in [0.2, 0.25) is 11.8 Å². The second-order valence-electron chi connectivity index (χ2n) is 7.11. The summed E-state index contributed by atoms with van der Waals surface area (Å²) in [4.78, 5) is 40.1. The van der Waals surface area contributed by atoms with Crippen LogP contribution < -0.4 is 22.1 Å². The maximum atomic E-state index is 12.7. The maximum Gasteiger partial charge on any atom is 0.243 e. The van der Waals surface area contributed by atoms with E-state index in [-0.39, 0.29) is 23.7 Å². The van der Waals surface area contributed by atoms with E-state index in [0.29, 0.717) is 38.5 Å². The van der Waals surface area contributed by atoms with Gasteiger partial charge in [-0.15, -0.1) is 0 Å². The minimum atomic E-state index is -0.756. The summed E-state index contributed by atoms with van der Waals surface area (Å²) in [6, 6.07) is 7.99. The zero-order valence-corrected chi connectivity index (χ0v) is 16.6. The number of benzene rings is 1. The molecule has 0 saturated heterocycles. The lowest BCUT2D eigenvalue weighted by atomic mass is 10.0. The van der Waals surface area contributed by atoms with Gasteiger partial charge in [0.05, 0.1) is 6.04 Å². The van der Waals surface area contributed by atoms with Crippen LogP contribution in [0.2, 0.25) is 0 Å². The Morgan fingerprint density at radius 3 is 2.39 bits per heavy atom. The van der Waals surface area contributed by atoms with Gasteiger partial charge in [0.1, 0.15) is 12.3 Å². The van der Waals surface area contributed by atoms with E-state index in [9.17, 15) is 14.4 Å². The quantitative estimate of drug-likeness (QED) is 0.178. The molecule has 0 aliphatic carbocycles. The number of aliphatic imine (C=N–C) groups is 1. The predicted molar refractivity (Wildman–Crippen MR) is 109 cm³/mol. The first-order chi connectivity index (χ1) is 13.3. The summed E-state index contributed by atoms with van der Waals surface area (Å²) in [7, 11) is 0. The first kappa shape index (κ1) is 23.1. The molecule has 2 amide bonds. The molecule has 0 aromatic heterocycles. The Morgan fingerprint density at radius 2 is 1.82 bits per heavy atom. The lowest BCUT2D eigenvalue weighted by Gasteiger charge is -2.21. The number of hydrogen-bond acceptors (Lipinski definition) is 4. The number of aldehydes is 1. The molecule has 0 spiro atoms. The number of amides is 2. The summed E-state index contributed by atoms with van der Waals surface area (Å²) in [6.07, 6.45) is 2.31. The molecular weight excluding hydrogens is 358 g/mol. The van der Waals surface area contributed by atoms with Crippen molar-refractivity contribution in [1.82, 2.24) is 10.6 Å². The van der Waals surface area contributed by atoms with Crippen LogP contribution in [0.1, 0.15) is 38.7 Å². The topological polar surface area (TPSA) is 140 Å². The van der Waals surface area contributed by atoms with E-state index in [1.54, 1.807) is 0 Å². The Hall–Kier alpha value is -2.90. The van der Waals surface area contributed by atoms with Gasteiger partial charge in [-0.25, -0.2) is 0 Å². The molecule has 6 N–H and O–H groups in total. The van der Waals surface area contributed by atoms with Crippen molar-refractivity contribution in [3.8, 4) is 0 Å². The molecule has 1 aromatic carbocycles. The largest absolute Gasteiger partial charge is 0.370 e. The molecule has 0 fully saturated rings. The van der Waals surface area contributed by atoms with E-state index in [1.165, 1.54) is 0 Å². The summed E-state index contributed by atoms with van der Waals surface area (Å²) >= 11 is 0. The van der Waals surface area contributed by atoms with Gasteiger partial charge in [-0.05, 0) is 24.3 Å². The van der Waals surface area contributed by atoms with Crippen molar-refractivity contribution < 1.29 is 14.4 Å². The van der Waals surface area contributed by atoms with Crippen molar-refractivity contribution in [1.29, 1.82) is 0 Å². The number of guanidine groups is 1. The molecule has 0 aliphatic rings. The molecule has 0 bridgehead atoms. The van der Waals surface area contributed by atoms with Crippen molar-refractivity contribution in [2.24, 2.45) is 22.4 Å². The monoisotopic (exact) mass is 389 g/mol. The summed E-state index contributed by atoms with van der Waals surface area (Å²) in [5.41, 5.74) is 11.4. The average Bonchev–Trinajstić information content (AvgIpc) is 2.63. The molecule has 2 atom stereocenters. The van der Waals surface area contributed by atoms with Crippen molar-refractivity contribution in [2.75, 3.05) is 6.54 Å². The first-order valence-corrected chi connectivity index (χ1v) is 9.46. The molecule has 0 aliphatic heterocycles. The Morgan fingerprint density at radius 1 is 1.14 bits per heavy atom. The normalized spacial score (nSPS) is 12.7. The van der Waals surface area contributed by atoms with E-state index in [4.69, 9.17) is 11.5 Å². The van der Waals surface area contributed by atoms with Crippen molar-refractivity contribution in [2.45, 2.75) is 51.6 Å². The summed E-state index contributed by atoms with van der Waals surface area (Å²) in [5.74, 6) is -0.414. The number of hydrogen-bond donors (Lipinski definition) is 4. The van der Waals surface area contributed by atoms with E-state index in [1.807, 2.05) is 44.2 Å². The van der Waals surface area contributed by atoms with E-state index in [2.05, 4.69) is 15.6 Å². The highest BCUT2D eigenvalue weighted by atomic mass is 16.2. The second kappa shape index (κ2) is 12.5. The van der Waals surface area contributed by atoms with Gasteiger partial charge in [-0.2, -0.15) is 0 Å². The SMILES string of the molecule is CC(C)CC(=O)N[C@@H](Cc1ccccc1)C(=O)NC(C=O)CCCN=C(N)N. The van der Waals surface area contributed by atoms with Crippen LogP contribution in [0.15, 0.2) is 35.3 Å². The molecule has 1 unspecified atom stereocenters.